The molecular weight excluding hydrogens is 344 g/mol. The zero-order valence-corrected chi connectivity index (χ0v) is 14.0. The van der Waals surface area contributed by atoms with Gasteiger partial charge in [0, 0.05) is 6.07 Å². The summed E-state index contributed by atoms with van der Waals surface area (Å²) < 4.78 is 31.6. The van der Waals surface area contributed by atoms with Crippen LogP contribution in [0.2, 0.25) is 0 Å². The third-order valence-corrected chi connectivity index (χ3v) is 4.59. The lowest BCUT2D eigenvalue weighted by atomic mass is 10.2. The predicted octanol–water partition coefficient (Wildman–Crippen LogP) is 2.65. The molecular formula is C17H14N2O5S. The van der Waals surface area contributed by atoms with Gasteiger partial charge in [-0.2, -0.15) is 18.2 Å². The van der Waals surface area contributed by atoms with E-state index in [0.717, 1.165) is 6.07 Å². The summed E-state index contributed by atoms with van der Waals surface area (Å²) in [4.78, 5) is 10.8. The van der Waals surface area contributed by atoms with Crippen molar-refractivity contribution in [3.8, 4) is 11.6 Å². The van der Waals surface area contributed by atoms with Crippen LogP contribution in [0.25, 0.3) is 5.69 Å². The van der Waals surface area contributed by atoms with Crippen LogP contribution in [0.3, 0.4) is 0 Å². The van der Waals surface area contributed by atoms with Crippen LogP contribution in [0.5, 0.6) is 5.88 Å². The summed E-state index contributed by atoms with van der Waals surface area (Å²) >= 11 is 0. The van der Waals surface area contributed by atoms with E-state index in [1.807, 2.05) is 6.07 Å². The number of aryl methyl sites for hydroxylation is 1. The molecule has 0 spiro atoms. The second-order valence-corrected chi connectivity index (χ2v) is 6.79. The number of aromatic nitrogens is 2. The van der Waals surface area contributed by atoms with Gasteiger partial charge in [0.1, 0.15) is 4.90 Å². The number of carboxylic acids is 1. The topological polar surface area (TPSA) is 98.5 Å². The Balaban J connectivity index is 2.00. The van der Waals surface area contributed by atoms with Crippen LogP contribution in [-0.2, 0) is 10.1 Å². The Bertz CT molecular complexity index is 1030. The molecule has 0 unspecified atom stereocenters. The van der Waals surface area contributed by atoms with Gasteiger partial charge < -0.3 is 9.29 Å². The van der Waals surface area contributed by atoms with Gasteiger partial charge >= 0.3 is 16.1 Å². The summed E-state index contributed by atoms with van der Waals surface area (Å²) in [6.45, 7) is 1.71. The Morgan fingerprint density at radius 2 is 1.80 bits per heavy atom. The highest BCUT2D eigenvalue weighted by atomic mass is 32.2. The SMILES string of the molecule is Cc1cc(OS(=O)(=O)c2cccc(C(=O)O)c2)n(-c2ccccc2)n1. The minimum absolute atomic E-state index is 0.0180. The number of nitrogens with zero attached hydrogens (tertiary/aromatic N) is 2. The van der Waals surface area contributed by atoms with Crippen LogP contribution in [0.15, 0.2) is 65.6 Å². The van der Waals surface area contributed by atoms with E-state index in [-0.39, 0.29) is 16.3 Å². The van der Waals surface area contributed by atoms with Gasteiger partial charge in [0.15, 0.2) is 0 Å². The molecule has 25 heavy (non-hydrogen) atoms. The number of hydrogen-bond acceptors (Lipinski definition) is 5. The molecule has 0 radical (unpaired) electrons. The Kier molecular flexibility index (Phi) is 4.28. The van der Waals surface area contributed by atoms with Crippen molar-refractivity contribution in [1.82, 2.24) is 9.78 Å². The molecule has 7 nitrogen and oxygen atoms in total. The first-order chi connectivity index (χ1) is 11.9. The molecule has 0 aliphatic carbocycles. The van der Waals surface area contributed by atoms with E-state index in [1.54, 1.807) is 31.2 Å². The molecule has 0 atom stereocenters. The summed E-state index contributed by atoms with van der Waals surface area (Å²) in [5.41, 5.74) is 1.07. The maximum absolute atomic E-state index is 12.5. The van der Waals surface area contributed by atoms with Crippen molar-refractivity contribution in [2.45, 2.75) is 11.8 Å². The van der Waals surface area contributed by atoms with Gasteiger partial charge in [-0.25, -0.2) is 4.79 Å². The summed E-state index contributed by atoms with van der Waals surface area (Å²) in [6, 6.07) is 15.4. The molecule has 1 heterocycles. The van der Waals surface area contributed by atoms with Gasteiger partial charge in [-0.3, -0.25) is 0 Å². The third-order valence-electron chi connectivity index (χ3n) is 3.36. The molecule has 0 saturated heterocycles. The molecule has 0 aliphatic rings. The van der Waals surface area contributed by atoms with Crippen molar-refractivity contribution >= 4 is 16.1 Å². The van der Waals surface area contributed by atoms with E-state index >= 15 is 0 Å². The number of hydrogen-bond donors (Lipinski definition) is 1. The second kappa shape index (κ2) is 6.40. The molecule has 2 aromatic carbocycles. The van der Waals surface area contributed by atoms with Crippen molar-refractivity contribution in [2.24, 2.45) is 0 Å². The minimum Gasteiger partial charge on any atom is -0.478 e. The third kappa shape index (κ3) is 3.53. The van der Waals surface area contributed by atoms with Gasteiger partial charge in [-0.1, -0.05) is 24.3 Å². The van der Waals surface area contributed by atoms with Crippen LogP contribution in [0, 0.1) is 6.92 Å². The Labute approximate surface area is 144 Å². The number of aromatic carboxylic acids is 1. The molecule has 0 aliphatic heterocycles. The average Bonchev–Trinajstić information content (AvgIpc) is 2.95. The molecule has 1 N–H and O–H groups in total. The van der Waals surface area contributed by atoms with Crippen molar-refractivity contribution in [2.75, 3.05) is 0 Å². The monoisotopic (exact) mass is 358 g/mol. The normalized spacial score (nSPS) is 11.2. The van der Waals surface area contributed by atoms with Crippen LogP contribution in [0.1, 0.15) is 16.1 Å². The van der Waals surface area contributed by atoms with E-state index in [2.05, 4.69) is 5.10 Å². The number of benzene rings is 2. The highest BCUT2D eigenvalue weighted by Crippen LogP contribution is 2.23. The van der Waals surface area contributed by atoms with Crippen LogP contribution >= 0.6 is 0 Å². The number of rotatable bonds is 5. The van der Waals surface area contributed by atoms with Crippen molar-refractivity contribution in [3.63, 3.8) is 0 Å². The minimum atomic E-state index is -4.21. The molecule has 3 rings (SSSR count). The van der Waals surface area contributed by atoms with E-state index < -0.39 is 16.1 Å². The highest BCUT2D eigenvalue weighted by Gasteiger charge is 2.21. The highest BCUT2D eigenvalue weighted by molar-refractivity contribution is 7.87. The lowest BCUT2D eigenvalue weighted by Gasteiger charge is -2.09. The zero-order chi connectivity index (χ0) is 18.0. The van der Waals surface area contributed by atoms with Gasteiger partial charge in [-0.15, -0.1) is 0 Å². The van der Waals surface area contributed by atoms with Crippen LogP contribution in [0.4, 0.5) is 0 Å². The molecule has 128 valence electrons. The molecule has 0 fully saturated rings. The number of carboxylic acid groups (broad SMARTS) is 1. The van der Waals surface area contributed by atoms with Gasteiger partial charge in [0.25, 0.3) is 0 Å². The first-order valence-corrected chi connectivity index (χ1v) is 8.67. The number of para-hydroxylation sites is 1. The maximum atomic E-state index is 12.5. The fourth-order valence-corrected chi connectivity index (χ4v) is 3.19. The first-order valence-electron chi connectivity index (χ1n) is 7.27. The summed E-state index contributed by atoms with van der Waals surface area (Å²) in [5.74, 6) is -1.20. The Hall–Kier alpha value is -3.13. The smallest absolute Gasteiger partial charge is 0.340 e. The van der Waals surface area contributed by atoms with Crippen LogP contribution < -0.4 is 4.18 Å². The van der Waals surface area contributed by atoms with Crippen molar-refractivity contribution in [3.05, 3.63) is 71.9 Å². The van der Waals surface area contributed by atoms with Crippen molar-refractivity contribution < 1.29 is 22.5 Å². The van der Waals surface area contributed by atoms with E-state index in [9.17, 15) is 13.2 Å². The Morgan fingerprint density at radius 1 is 1.08 bits per heavy atom. The predicted molar refractivity (Wildman–Crippen MR) is 89.5 cm³/mol. The van der Waals surface area contributed by atoms with Gasteiger partial charge in [0.05, 0.1) is 16.9 Å². The molecule has 0 bridgehead atoms. The average molecular weight is 358 g/mol. The van der Waals surface area contributed by atoms with E-state index in [1.165, 1.54) is 28.9 Å². The lowest BCUT2D eigenvalue weighted by Crippen LogP contribution is -2.13. The lowest BCUT2D eigenvalue weighted by molar-refractivity contribution is 0.0696. The summed E-state index contributed by atoms with van der Waals surface area (Å²) in [5, 5.41) is 13.2. The van der Waals surface area contributed by atoms with Gasteiger partial charge in [-0.05, 0) is 37.3 Å². The Morgan fingerprint density at radius 3 is 2.48 bits per heavy atom. The fraction of sp³-hybridized carbons (Fsp3) is 0.0588. The molecule has 3 aromatic rings. The molecule has 8 heteroatoms. The standard InChI is InChI=1S/C17H14N2O5S/c1-12-10-16(19(18-12)14-7-3-2-4-8-14)24-25(22,23)15-9-5-6-13(11-15)17(20)21/h2-11H,1H3,(H,20,21). The second-order valence-electron chi connectivity index (χ2n) is 5.24. The van der Waals surface area contributed by atoms with E-state index in [4.69, 9.17) is 9.29 Å². The largest absolute Gasteiger partial charge is 0.478 e. The number of carbonyl (C=O) groups is 1. The van der Waals surface area contributed by atoms with Crippen molar-refractivity contribution in [1.29, 1.82) is 0 Å². The fourth-order valence-electron chi connectivity index (χ4n) is 2.23. The summed E-state index contributed by atoms with van der Waals surface area (Å²) in [6.07, 6.45) is 0. The zero-order valence-electron chi connectivity index (χ0n) is 13.2. The summed E-state index contributed by atoms with van der Waals surface area (Å²) in [7, 11) is -4.21. The van der Waals surface area contributed by atoms with E-state index in [0.29, 0.717) is 11.4 Å². The van der Waals surface area contributed by atoms with Gasteiger partial charge in [0.2, 0.25) is 5.88 Å². The molecule has 0 amide bonds. The molecule has 0 saturated carbocycles. The quantitative estimate of drug-likeness (QED) is 0.704. The van der Waals surface area contributed by atoms with Crippen LogP contribution in [-0.4, -0.2) is 29.3 Å². The maximum Gasteiger partial charge on any atom is 0.340 e. The molecule has 1 aromatic heterocycles. The first kappa shape index (κ1) is 16.7.